The smallest absolute Gasteiger partial charge is 0.0684 e. The van der Waals surface area contributed by atoms with Gasteiger partial charge in [0, 0.05) is 4.88 Å². The van der Waals surface area contributed by atoms with Crippen LogP contribution in [0.2, 0.25) is 0 Å². The Labute approximate surface area is 99.4 Å². The minimum absolute atomic E-state index is 0.157. The molecular weight excluding hydrogens is 216 g/mol. The van der Waals surface area contributed by atoms with Crippen LogP contribution in [0.3, 0.4) is 0 Å². The van der Waals surface area contributed by atoms with Gasteiger partial charge in [0.25, 0.3) is 0 Å². The molecule has 0 bridgehead atoms. The predicted octanol–water partition coefficient (Wildman–Crippen LogP) is 3.40. The van der Waals surface area contributed by atoms with E-state index < -0.39 is 0 Å². The average Bonchev–Trinajstić information content (AvgIpc) is 2.71. The zero-order valence-electron chi connectivity index (χ0n) is 9.07. The second kappa shape index (κ2) is 4.04. The van der Waals surface area contributed by atoms with E-state index in [2.05, 4.69) is 23.6 Å². The van der Waals surface area contributed by atoms with E-state index in [9.17, 15) is 5.11 Å². The first-order valence-corrected chi connectivity index (χ1v) is 6.56. The van der Waals surface area contributed by atoms with E-state index in [4.69, 9.17) is 0 Å². The van der Waals surface area contributed by atoms with E-state index in [1.165, 1.54) is 34.4 Å². The van der Waals surface area contributed by atoms with Crippen LogP contribution in [0.15, 0.2) is 29.6 Å². The van der Waals surface area contributed by atoms with Crippen molar-refractivity contribution < 1.29 is 5.11 Å². The molecule has 0 radical (unpaired) electrons. The number of fused-ring (bicyclic) bond motifs is 3. The van der Waals surface area contributed by atoms with E-state index >= 15 is 0 Å². The Balaban J connectivity index is 2.25. The fraction of sp³-hybridized carbons (Fsp3) is 0.286. The molecule has 0 aliphatic heterocycles. The van der Waals surface area contributed by atoms with Crippen LogP contribution in [0, 0.1) is 0 Å². The molecule has 3 rings (SSSR count). The molecule has 1 aliphatic carbocycles. The third-order valence-electron chi connectivity index (χ3n) is 3.31. The van der Waals surface area contributed by atoms with Crippen LogP contribution < -0.4 is 0 Å². The summed E-state index contributed by atoms with van der Waals surface area (Å²) in [7, 11) is 0. The van der Waals surface area contributed by atoms with Gasteiger partial charge < -0.3 is 5.11 Å². The van der Waals surface area contributed by atoms with Gasteiger partial charge in [-0.15, -0.1) is 11.3 Å². The van der Waals surface area contributed by atoms with Gasteiger partial charge >= 0.3 is 0 Å². The molecular formula is C14H14OS. The number of hydrogen-bond donors (Lipinski definition) is 1. The molecule has 0 saturated heterocycles. The van der Waals surface area contributed by atoms with Gasteiger partial charge in [0.05, 0.1) is 6.61 Å². The van der Waals surface area contributed by atoms with Crippen LogP contribution in [-0.4, -0.2) is 5.11 Å². The van der Waals surface area contributed by atoms with Gasteiger partial charge in [-0.05, 0) is 53.0 Å². The van der Waals surface area contributed by atoms with E-state index in [-0.39, 0.29) is 6.61 Å². The van der Waals surface area contributed by atoms with Crippen molar-refractivity contribution in [1.82, 2.24) is 0 Å². The van der Waals surface area contributed by atoms with Crippen molar-refractivity contribution in [3.63, 3.8) is 0 Å². The van der Waals surface area contributed by atoms with E-state index in [0.717, 1.165) is 12.0 Å². The lowest BCUT2D eigenvalue weighted by atomic mass is 9.98. The Kier molecular flexibility index (Phi) is 2.54. The lowest BCUT2D eigenvalue weighted by molar-refractivity contribution is 0.280. The molecule has 0 fully saturated rings. The minimum atomic E-state index is 0.157. The quantitative estimate of drug-likeness (QED) is 0.796. The van der Waals surface area contributed by atoms with Crippen LogP contribution in [-0.2, 0) is 19.4 Å². The Bertz CT molecular complexity index is 513. The van der Waals surface area contributed by atoms with Gasteiger partial charge in [-0.25, -0.2) is 0 Å². The molecule has 82 valence electrons. The van der Waals surface area contributed by atoms with E-state index in [1.54, 1.807) is 0 Å². The number of aryl methyl sites for hydroxylation is 1. The topological polar surface area (TPSA) is 20.2 Å². The third kappa shape index (κ3) is 1.49. The predicted molar refractivity (Wildman–Crippen MR) is 67.7 cm³/mol. The summed E-state index contributed by atoms with van der Waals surface area (Å²) in [6, 6.07) is 8.52. The standard InChI is InChI=1S/C14H14OS/c15-9-11-4-2-6-13-12(11)5-1-3-10-7-8-16-14(10)13/h2,4,6-8,15H,1,3,5,9H2. The Hall–Kier alpha value is -1.12. The summed E-state index contributed by atoms with van der Waals surface area (Å²) in [5.41, 5.74) is 5.26. The Morgan fingerprint density at radius 2 is 2.12 bits per heavy atom. The monoisotopic (exact) mass is 230 g/mol. The van der Waals surface area contributed by atoms with Crippen LogP contribution >= 0.6 is 11.3 Å². The van der Waals surface area contributed by atoms with Crippen molar-refractivity contribution in [3.8, 4) is 10.4 Å². The van der Waals surface area contributed by atoms with Crippen LogP contribution in [0.25, 0.3) is 10.4 Å². The van der Waals surface area contributed by atoms with Gasteiger partial charge in [0.15, 0.2) is 0 Å². The lowest BCUT2D eigenvalue weighted by Gasteiger charge is -2.10. The van der Waals surface area contributed by atoms with Gasteiger partial charge in [-0.1, -0.05) is 18.2 Å². The molecule has 1 heterocycles. The summed E-state index contributed by atoms with van der Waals surface area (Å²) in [5, 5.41) is 11.6. The molecule has 2 heteroatoms. The second-order valence-electron chi connectivity index (χ2n) is 4.23. The highest BCUT2D eigenvalue weighted by Crippen LogP contribution is 2.37. The maximum atomic E-state index is 9.39. The maximum absolute atomic E-state index is 9.39. The summed E-state index contributed by atoms with van der Waals surface area (Å²) in [5.74, 6) is 0. The van der Waals surface area contributed by atoms with Gasteiger partial charge in [-0.3, -0.25) is 0 Å². The summed E-state index contributed by atoms with van der Waals surface area (Å²) in [4.78, 5) is 1.41. The Morgan fingerprint density at radius 3 is 3.00 bits per heavy atom. The molecule has 0 atom stereocenters. The fourth-order valence-corrected chi connectivity index (χ4v) is 3.52. The van der Waals surface area contributed by atoms with Crippen molar-refractivity contribution in [2.24, 2.45) is 0 Å². The zero-order chi connectivity index (χ0) is 11.0. The number of aliphatic hydroxyl groups is 1. The first kappa shape index (κ1) is 10.1. The highest BCUT2D eigenvalue weighted by Gasteiger charge is 2.17. The van der Waals surface area contributed by atoms with Crippen LogP contribution in [0.1, 0.15) is 23.1 Å². The Morgan fingerprint density at radius 1 is 1.19 bits per heavy atom. The first-order valence-electron chi connectivity index (χ1n) is 5.68. The largest absolute Gasteiger partial charge is 0.392 e. The molecule has 1 aromatic heterocycles. The van der Waals surface area contributed by atoms with Crippen molar-refractivity contribution in [1.29, 1.82) is 0 Å². The SMILES string of the molecule is OCc1cccc2c1CCCc1ccsc1-2. The molecule has 1 aromatic carbocycles. The minimum Gasteiger partial charge on any atom is -0.392 e. The summed E-state index contributed by atoms with van der Waals surface area (Å²) in [6.45, 7) is 0.157. The summed E-state index contributed by atoms with van der Waals surface area (Å²) >= 11 is 1.82. The van der Waals surface area contributed by atoms with Gasteiger partial charge in [0.2, 0.25) is 0 Å². The maximum Gasteiger partial charge on any atom is 0.0684 e. The number of hydrogen-bond acceptors (Lipinski definition) is 2. The molecule has 0 amide bonds. The number of benzene rings is 1. The average molecular weight is 230 g/mol. The number of aliphatic hydroxyl groups excluding tert-OH is 1. The first-order chi connectivity index (χ1) is 7.90. The number of thiophene rings is 1. The molecule has 1 N–H and O–H groups in total. The highest BCUT2D eigenvalue weighted by molar-refractivity contribution is 7.13. The highest BCUT2D eigenvalue weighted by atomic mass is 32.1. The van der Waals surface area contributed by atoms with Crippen molar-refractivity contribution in [2.45, 2.75) is 25.9 Å². The van der Waals surface area contributed by atoms with Gasteiger partial charge in [-0.2, -0.15) is 0 Å². The third-order valence-corrected chi connectivity index (χ3v) is 4.30. The molecule has 16 heavy (non-hydrogen) atoms. The summed E-state index contributed by atoms with van der Waals surface area (Å²) < 4.78 is 0. The lowest BCUT2D eigenvalue weighted by Crippen LogP contribution is -1.95. The number of rotatable bonds is 1. The summed E-state index contributed by atoms with van der Waals surface area (Å²) in [6.07, 6.45) is 3.44. The van der Waals surface area contributed by atoms with Gasteiger partial charge in [0.1, 0.15) is 0 Å². The van der Waals surface area contributed by atoms with Crippen molar-refractivity contribution in [2.75, 3.05) is 0 Å². The second-order valence-corrected chi connectivity index (χ2v) is 5.15. The van der Waals surface area contributed by atoms with Crippen molar-refractivity contribution in [3.05, 3.63) is 46.3 Å². The fourth-order valence-electron chi connectivity index (χ4n) is 2.52. The normalized spacial score (nSPS) is 14.1. The van der Waals surface area contributed by atoms with E-state index in [0.29, 0.717) is 0 Å². The van der Waals surface area contributed by atoms with Crippen molar-refractivity contribution >= 4 is 11.3 Å². The molecule has 1 nitrogen and oxygen atoms in total. The van der Waals surface area contributed by atoms with Crippen LogP contribution in [0.4, 0.5) is 0 Å². The molecule has 1 aliphatic rings. The van der Waals surface area contributed by atoms with E-state index in [1.807, 2.05) is 17.4 Å². The molecule has 0 spiro atoms. The molecule has 0 unspecified atom stereocenters. The van der Waals surface area contributed by atoms with Crippen LogP contribution in [0.5, 0.6) is 0 Å². The molecule has 0 saturated carbocycles. The molecule has 2 aromatic rings. The zero-order valence-corrected chi connectivity index (χ0v) is 9.89.